The molecule has 2 N–H and O–H groups in total. The van der Waals surface area contributed by atoms with E-state index in [4.69, 9.17) is 9.47 Å². The van der Waals surface area contributed by atoms with Crippen molar-refractivity contribution in [1.29, 1.82) is 0 Å². The molecule has 2 amide bonds. The van der Waals surface area contributed by atoms with Crippen molar-refractivity contribution in [2.24, 2.45) is 0 Å². The lowest BCUT2D eigenvalue weighted by molar-refractivity contribution is 0.232. The Hall–Kier alpha value is -2.76. The first-order chi connectivity index (χ1) is 10.8. The summed E-state index contributed by atoms with van der Waals surface area (Å²) in [5.41, 5.74) is 1.61. The third kappa shape index (κ3) is 3.11. The van der Waals surface area contributed by atoms with Crippen LogP contribution in [-0.2, 0) is 0 Å². The molecule has 2 aromatic rings. The zero-order valence-corrected chi connectivity index (χ0v) is 12.2. The summed E-state index contributed by atoms with van der Waals surface area (Å²) in [6.07, 6.45) is 2.29. The standard InChI is InChI=1S/C16H17N3O3/c1-21-15-7-6-11(10-17-15)18-16(20)19-13-8-9-22-14-5-3-2-4-12(13)14/h2-7,10,13H,8-9H2,1H3,(H2,18,19,20). The van der Waals surface area contributed by atoms with Crippen LogP contribution in [0.2, 0.25) is 0 Å². The Morgan fingerprint density at radius 1 is 1.32 bits per heavy atom. The first-order valence-electron chi connectivity index (χ1n) is 7.05. The Morgan fingerprint density at radius 2 is 2.18 bits per heavy atom. The molecule has 6 nitrogen and oxygen atoms in total. The average molecular weight is 299 g/mol. The molecule has 0 aliphatic carbocycles. The topological polar surface area (TPSA) is 72.5 Å². The lowest BCUT2D eigenvalue weighted by atomic mass is 10.0. The third-order valence-electron chi connectivity index (χ3n) is 3.47. The van der Waals surface area contributed by atoms with E-state index < -0.39 is 0 Å². The molecule has 1 aliphatic rings. The SMILES string of the molecule is COc1ccc(NC(=O)NC2CCOc3ccccc32)cn1. The zero-order valence-electron chi connectivity index (χ0n) is 12.2. The van der Waals surface area contributed by atoms with E-state index in [0.29, 0.717) is 18.2 Å². The van der Waals surface area contributed by atoms with Crippen molar-refractivity contribution in [2.75, 3.05) is 19.0 Å². The van der Waals surface area contributed by atoms with E-state index in [2.05, 4.69) is 15.6 Å². The number of methoxy groups -OCH3 is 1. The van der Waals surface area contributed by atoms with Crippen LogP contribution in [0.5, 0.6) is 11.6 Å². The van der Waals surface area contributed by atoms with E-state index in [1.54, 1.807) is 25.4 Å². The summed E-state index contributed by atoms with van der Waals surface area (Å²) >= 11 is 0. The normalized spacial score (nSPS) is 16.1. The summed E-state index contributed by atoms with van der Waals surface area (Å²) in [5.74, 6) is 1.33. The predicted octanol–water partition coefficient (Wildman–Crippen LogP) is 2.74. The van der Waals surface area contributed by atoms with Crippen molar-refractivity contribution in [3.63, 3.8) is 0 Å². The Bertz CT molecular complexity index is 658. The van der Waals surface area contributed by atoms with E-state index in [0.717, 1.165) is 17.7 Å². The van der Waals surface area contributed by atoms with Crippen LogP contribution in [0.1, 0.15) is 18.0 Å². The maximum atomic E-state index is 12.1. The molecule has 0 saturated carbocycles. The second kappa shape index (κ2) is 6.34. The highest BCUT2D eigenvalue weighted by Crippen LogP contribution is 2.31. The van der Waals surface area contributed by atoms with E-state index in [1.165, 1.54) is 0 Å². The first kappa shape index (κ1) is 14.2. The van der Waals surface area contributed by atoms with Crippen molar-refractivity contribution in [1.82, 2.24) is 10.3 Å². The minimum Gasteiger partial charge on any atom is -0.493 e. The van der Waals surface area contributed by atoms with Crippen LogP contribution in [-0.4, -0.2) is 24.7 Å². The van der Waals surface area contributed by atoms with Gasteiger partial charge in [-0.3, -0.25) is 0 Å². The molecule has 1 unspecified atom stereocenters. The van der Waals surface area contributed by atoms with Crippen LogP contribution < -0.4 is 20.1 Å². The summed E-state index contributed by atoms with van der Waals surface area (Å²) < 4.78 is 10.6. The number of urea groups is 1. The van der Waals surface area contributed by atoms with Gasteiger partial charge in [-0.15, -0.1) is 0 Å². The highest BCUT2D eigenvalue weighted by Gasteiger charge is 2.22. The van der Waals surface area contributed by atoms with Crippen molar-refractivity contribution in [2.45, 2.75) is 12.5 Å². The lowest BCUT2D eigenvalue weighted by Crippen LogP contribution is -2.35. The molecular weight excluding hydrogens is 282 g/mol. The highest BCUT2D eigenvalue weighted by atomic mass is 16.5. The number of hydrogen-bond donors (Lipinski definition) is 2. The van der Waals surface area contributed by atoms with Gasteiger partial charge in [-0.1, -0.05) is 18.2 Å². The number of aromatic nitrogens is 1. The predicted molar refractivity (Wildman–Crippen MR) is 82.2 cm³/mol. The summed E-state index contributed by atoms with van der Waals surface area (Å²) in [4.78, 5) is 16.2. The van der Waals surface area contributed by atoms with Crippen molar-refractivity contribution < 1.29 is 14.3 Å². The summed E-state index contributed by atoms with van der Waals surface area (Å²) in [6, 6.07) is 10.8. The number of amides is 2. The van der Waals surface area contributed by atoms with Crippen LogP contribution in [0, 0.1) is 0 Å². The van der Waals surface area contributed by atoms with E-state index in [9.17, 15) is 4.79 Å². The van der Waals surface area contributed by atoms with Crippen LogP contribution in [0.25, 0.3) is 0 Å². The van der Waals surface area contributed by atoms with Crippen LogP contribution in [0.15, 0.2) is 42.6 Å². The van der Waals surface area contributed by atoms with Crippen LogP contribution in [0.3, 0.4) is 0 Å². The van der Waals surface area contributed by atoms with Gasteiger partial charge in [-0.05, 0) is 12.1 Å². The van der Waals surface area contributed by atoms with Crippen molar-refractivity contribution in [3.05, 3.63) is 48.2 Å². The Labute approximate surface area is 128 Å². The molecule has 0 fully saturated rings. The largest absolute Gasteiger partial charge is 0.493 e. The molecule has 0 bridgehead atoms. The Morgan fingerprint density at radius 3 is 2.95 bits per heavy atom. The second-order valence-electron chi connectivity index (χ2n) is 4.92. The fourth-order valence-electron chi connectivity index (χ4n) is 2.39. The maximum absolute atomic E-state index is 12.1. The molecule has 1 aromatic heterocycles. The molecule has 2 heterocycles. The average Bonchev–Trinajstić information content (AvgIpc) is 2.56. The van der Waals surface area contributed by atoms with Crippen LogP contribution in [0.4, 0.5) is 10.5 Å². The highest BCUT2D eigenvalue weighted by molar-refractivity contribution is 5.89. The number of nitrogens with zero attached hydrogens (tertiary/aromatic N) is 1. The van der Waals surface area contributed by atoms with E-state index >= 15 is 0 Å². The van der Waals surface area contributed by atoms with Gasteiger partial charge in [0, 0.05) is 18.1 Å². The fourth-order valence-corrected chi connectivity index (χ4v) is 2.39. The molecule has 3 rings (SSSR count). The van der Waals surface area contributed by atoms with Crippen molar-refractivity contribution >= 4 is 11.7 Å². The summed E-state index contributed by atoms with van der Waals surface area (Å²) in [6.45, 7) is 0.589. The smallest absolute Gasteiger partial charge is 0.319 e. The van der Waals surface area contributed by atoms with Gasteiger partial charge in [0.1, 0.15) is 5.75 Å². The monoisotopic (exact) mass is 299 g/mol. The summed E-state index contributed by atoms with van der Waals surface area (Å²) in [7, 11) is 1.55. The fraction of sp³-hybridized carbons (Fsp3) is 0.250. The molecule has 1 atom stereocenters. The molecule has 1 aromatic carbocycles. The molecule has 0 radical (unpaired) electrons. The molecule has 114 valence electrons. The van der Waals surface area contributed by atoms with Crippen molar-refractivity contribution in [3.8, 4) is 11.6 Å². The Balaban J connectivity index is 1.65. The first-order valence-corrected chi connectivity index (χ1v) is 7.05. The van der Waals surface area contributed by atoms with Gasteiger partial charge in [0.15, 0.2) is 0 Å². The third-order valence-corrected chi connectivity index (χ3v) is 3.47. The molecule has 6 heteroatoms. The van der Waals surface area contributed by atoms with Gasteiger partial charge in [0.05, 0.1) is 31.6 Å². The number of ether oxygens (including phenoxy) is 2. The number of carbonyl (C=O) groups excluding carboxylic acids is 1. The number of benzene rings is 1. The number of carbonyl (C=O) groups is 1. The number of para-hydroxylation sites is 1. The minimum atomic E-state index is -0.270. The number of pyridine rings is 1. The van der Waals surface area contributed by atoms with Gasteiger partial charge in [-0.25, -0.2) is 9.78 Å². The molecule has 22 heavy (non-hydrogen) atoms. The lowest BCUT2D eigenvalue weighted by Gasteiger charge is -2.26. The second-order valence-corrected chi connectivity index (χ2v) is 4.92. The maximum Gasteiger partial charge on any atom is 0.319 e. The van der Waals surface area contributed by atoms with E-state index in [1.807, 2.05) is 24.3 Å². The minimum absolute atomic E-state index is 0.0591. The number of rotatable bonds is 3. The molecule has 0 spiro atoms. The molecule has 1 aliphatic heterocycles. The number of hydrogen-bond acceptors (Lipinski definition) is 4. The van der Waals surface area contributed by atoms with Crippen LogP contribution >= 0.6 is 0 Å². The van der Waals surface area contributed by atoms with Gasteiger partial charge in [0.25, 0.3) is 0 Å². The van der Waals surface area contributed by atoms with Gasteiger partial charge >= 0.3 is 6.03 Å². The van der Waals surface area contributed by atoms with Gasteiger partial charge in [0.2, 0.25) is 5.88 Å². The Kier molecular flexibility index (Phi) is 4.09. The number of nitrogens with one attached hydrogen (secondary N) is 2. The van der Waals surface area contributed by atoms with E-state index in [-0.39, 0.29) is 12.1 Å². The van der Waals surface area contributed by atoms with Gasteiger partial charge < -0.3 is 20.1 Å². The zero-order chi connectivity index (χ0) is 15.4. The van der Waals surface area contributed by atoms with Gasteiger partial charge in [-0.2, -0.15) is 0 Å². The molecular formula is C16H17N3O3. The summed E-state index contributed by atoms with van der Waals surface area (Å²) in [5, 5.41) is 5.73. The quantitative estimate of drug-likeness (QED) is 0.914. The number of fused-ring (bicyclic) bond motifs is 1. The molecule has 0 saturated heterocycles. The number of anilines is 1.